The molecule has 1 aromatic rings. The van der Waals surface area contributed by atoms with Gasteiger partial charge in [0.25, 0.3) is 5.91 Å². The van der Waals surface area contributed by atoms with E-state index in [9.17, 15) is 4.79 Å². The molecule has 2 unspecified atom stereocenters. The summed E-state index contributed by atoms with van der Waals surface area (Å²) in [6.07, 6.45) is 1.28. The largest absolute Gasteiger partial charge is 0.367 e. The van der Waals surface area contributed by atoms with E-state index in [0.29, 0.717) is 10.6 Å². The highest BCUT2D eigenvalue weighted by Crippen LogP contribution is 2.23. The second-order valence-corrected chi connectivity index (χ2v) is 4.88. The SMILES string of the molecule is NC(=O)C(OC1CCCNC1)c1cccc(Cl)c1. The highest BCUT2D eigenvalue weighted by atomic mass is 35.5. The van der Waals surface area contributed by atoms with Gasteiger partial charge in [-0.2, -0.15) is 0 Å². The summed E-state index contributed by atoms with van der Waals surface area (Å²) in [4.78, 5) is 11.5. The van der Waals surface area contributed by atoms with Gasteiger partial charge in [-0.25, -0.2) is 0 Å². The molecule has 0 saturated carbocycles. The highest BCUT2D eigenvalue weighted by molar-refractivity contribution is 6.30. The number of amides is 1. The monoisotopic (exact) mass is 268 g/mol. The molecule has 0 bridgehead atoms. The van der Waals surface area contributed by atoms with E-state index in [2.05, 4.69) is 5.32 Å². The van der Waals surface area contributed by atoms with E-state index >= 15 is 0 Å². The average molecular weight is 269 g/mol. The second kappa shape index (κ2) is 6.18. The Morgan fingerprint density at radius 1 is 1.56 bits per heavy atom. The Balaban J connectivity index is 2.10. The van der Waals surface area contributed by atoms with E-state index in [-0.39, 0.29) is 6.10 Å². The van der Waals surface area contributed by atoms with E-state index < -0.39 is 12.0 Å². The minimum Gasteiger partial charge on any atom is -0.367 e. The molecule has 1 amide bonds. The Morgan fingerprint density at radius 2 is 2.39 bits per heavy atom. The van der Waals surface area contributed by atoms with Gasteiger partial charge in [0.1, 0.15) is 0 Å². The number of hydrogen-bond acceptors (Lipinski definition) is 3. The highest BCUT2D eigenvalue weighted by Gasteiger charge is 2.24. The van der Waals surface area contributed by atoms with Gasteiger partial charge in [0, 0.05) is 11.6 Å². The van der Waals surface area contributed by atoms with Gasteiger partial charge in [-0.1, -0.05) is 23.7 Å². The van der Waals surface area contributed by atoms with Crippen molar-refractivity contribution in [1.29, 1.82) is 0 Å². The summed E-state index contributed by atoms with van der Waals surface area (Å²) in [7, 11) is 0. The maximum Gasteiger partial charge on any atom is 0.251 e. The summed E-state index contributed by atoms with van der Waals surface area (Å²) >= 11 is 5.92. The average Bonchev–Trinajstić information content (AvgIpc) is 2.37. The number of primary amides is 1. The number of halogens is 1. The first-order valence-corrected chi connectivity index (χ1v) is 6.45. The van der Waals surface area contributed by atoms with Crippen LogP contribution in [0.1, 0.15) is 24.5 Å². The number of carbonyl (C=O) groups is 1. The van der Waals surface area contributed by atoms with Gasteiger partial charge in [-0.3, -0.25) is 4.79 Å². The summed E-state index contributed by atoms with van der Waals surface area (Å²) < 4.78 is 5.80. The van der Waals surface area contributed by atoms with Crippen molar-refractivity contribution in [3.05, 3.63) is 34.9 Å². The van der Waals surface area contributed by atoms with Gasteiger partial charge in [-0.05, 0) is 37.1 Å². The van der Waals surface area contributed by atoms with Crippen LogP contribution in [0.2, 0.25) is 5.02 Å². The maximum absolute atomic E-state index is 11.5. The number of hydrogen-bond donors (Lipinski definition) is 2. The summed E-state index contributed by atoms with van der Waals surface area (Å²) in [5.41, 5.74) is 6.12. The topological polar surface area (TPSA) is 64.4 Å². The minimum absolute atomic E-state index is 0.0234. The first-order chi connectivity index (χ1) is 8.66. The second-order valence-electron chi connectivity index (χ2n) is 4.44. The van der Waals surface area contributed by atoms with E-state index in [0.717, 1.165) is 25.9 Å². The van der Waals surface area contributed by atoms with E-state index in [4.69, 9.17) is 22.1 Å². The van der Waals surface area contributed by atoms with E-state index in [1.807, 2.05) is 0 Å². The van der Waals surface area contributed by atoms with E-state index in [1.54, 1.807) is 24.3 Å². The van der Waals surface area contributed by atoms with Gasteiger partial charge < -0.3 is 15.8 Å². The van der Waals surface area contributed by atoms with Crippen molar-refractivity contribution in [2.24, 2.45) is 5.73 Å². The Kier molecular flexibility index (Phi) is 4.58. The van der Waals surface area contributed by atoms with Gasteiger partial charge in [0.15, 0.2) is 6.10 Å². The van der Waals surface area contributed by atoms with Crippen LogP contribution in [-0.2, 0) is 9.53 Å². The molecule has 18 heavy (non-hydrogen) atoms. The first kappa shape index (κ1) is 13.3. The molecule has 1 aromatic carbocycles. The van der Waals surface area contributed by atoms with Crippen molar-refractivity contribution in [2.45, 2.75) is 25.0 Å². The zero-order valence-corrected chi connectivity index (χ0v) is 10.8. The number of carbonyl (C=O) groups excluding carboxylic acids is 1. The summed E-state index contributed by atoms with van der Waals surface area (Å²) in [6, 6.07) is 7.06. The van der Waals surface area contributed by atoms with Gasteiger partial charge in [0.05, 0.1) is 6.10 Å². The zero-order chi connectivity index (χ0) is 13.0. The molecular formula is C13H17ClN2O2. The predicted octanol–water partition coefficient (Wildman–Crippen LogP) is 1.64. The van der Waals surface area contributed by atoms with Crippen LogP contribution in [0.5, 0.6) is 0 Å². The molecule has 98 valence electrons. The number of nitrogens with two attached hydrogens (primary N) is 1. The maximum atomic E-state index is 11.5. The molecule has 1 fully saturated rings. The molecule has 1 aliphatic rings. The third-order valence-corrected chi connectivity index (χ3v) is 3.23. The van der Waals surface area contributed by atoms with Crippen LogP contribution in [-0.4, -0.2) is 25.1 Å². The summed E-state index contributed by atoms with van der Waals surface area (Å²) in [5, 5.41) is 3.81. The zero-order valence-electron chi connectivity index (χ0n) is 10.1. The Hall–Kier alpha value is -1.10. The lowest BCUT2D eigenvalue weighted by Crippen LogP contribution is -2.38. The third-order valence-electron chi connectivity index (χ3n) is 2.99. The number of rotatable bonds is 4. The van der Waals surface area contributed by atoms with Crippen molar-refractivity contribution in [3.8, 4) is 0 Å². The van der Waals surface area contributed by atoms with Crippen molar-refractivity contribution in [3.63, 3.8) is 0 Å². The number of piperidine rings is 1. The fraction of sp³-hybridized carbons (Fsp3) is 0.462. The van der Waals surface area contributed by atoms with Gasteiger partial charge in [-0.15, -0.1) is 0 Å². The fourth-order valence-corrected chi connectivity index (χ4v) is 2.31. The van der Waals surface area contributed by atoms with Crippen LogP contribution in [0.25, 0.3) is 0 Å². The third kappa shape index (κ3) is 3.45. The van der Waals surface area contributed by atoms with Gasteiger partial charge >= 0.3 is 0 Å². The van der Waals surface area contributed by atoms with Crippen molar-refractivity contribution in [2.75, 3.05) is 13.1 Å². The molecule has 1 heterocycles. The minimum atomic E-state index is -0.728. The molecule has 2 rings (SSSR count). The molecule has 4 nitrogen and oxygen atoms in total. The molecule has 3 N–H and O–H groups in total. The molecule has 1 saturated heterocycles. The van der Waals surface area contributed by atoms with Crippen LogP contribution in [0.4, 0.5) is 0 Å². The van der Waals surface area contributed by atoms with Gasteiger partial charge in [0.2, 0.25) is 0 Å². The normalized spacial score (nSPS) is 21.5. The number of benzene rings is 1. The predicted molar refractivity (Wildman–Crippen MR) is 70.4 cm³/mol. The standard InChI is InChI=1S/C13H17ClN2O2/c14-10-4-1-3-9(7-10)12(13(15)17)18-11-5-2-6-16-8-11/h1,3-4,7,11-12,16H,2,5-6,8H2,(H2,15,17). The van der Waals surface area contributed by atoms with Crippen molar-refractivity contribution in [1.82, 2.24) is 5.32 Å². The molecule has 5 heteroatoms. The smallest absolute Gasteiger partial charge is 0.251 e. The lowest BCUT2D eigenvalue weighted by atomic mass is 10.1. The lowest BCUT2D eigenvalue weighted by Gasteiger charge is -2.27. The molecule has 0 radical (unpaired) electrons. The molecule has 0 aromatic heterocycles. The van der Waals surface area contributed by atoms with Crippen molar-refractivity contribution >= 4 is 17.5 Å². The quantitative estimate of drug-likeness (QED) is 0.872. The van der Waals surface area contributed by atoms with E-state index in [1.165, 1.54) is 0 Å². The lowest BCUT2D eigenvalue weighted by molar-refractivity contribution is -0.134. The summed E-state index contributed by atoms with van der Waals surface area (Å²) in [6.45, 7) is 1.75. The Labute approximate surface area is 111 Å². The van der Waals surface area contributed by atoms with Crippen LogP contribution < -0.4 is 11.1 Å². The number of nitrogens with one attached hydrogen (secondary N) is 1. The van der Waals surface area contributed by atoms with Crippen molar-refractivity contribution < 1.29 is 9.53 Å². The Morgan fingerprint density at radius 3 is 3.00 bits per heavy atom. The molecule has 1 aliphatic heterocycles. The number of ether oxygens (including phenoxy) is 1. The first-order valence-electron chi connectivity index (χ1n) is 6.08. The van der Waals surface area contributed by atoms with Crippen LogP contribution in [0.3, 0.4) is 0 Å². The fourth-order valence-electron chi connectivity index (χ4n) is 2.11. The van der Waals surface area contributed by atoms with Crippen LogP contribution in [0.15, 0.2) is 24.3 Å². The summed E-state index contributed by atoms with van der Waals surface area (Å²) in [5.74, 6) is -0.483. The molecule has 2 atom stereocenters. The molecule has 0 spiro atoms. The van der Waals surface area contributed by atoms with Crippen LogP contribution >= 0.6 is 11.6 Å². The molecular weight excluding hydrogens is 252 g/mol. The van der Waals surface area contributed by atoms with Crippen LogP contribution in [0, 0.1) is 0 Å². The molecule has 0 aliphatic carbocycles. The Bertz CT molecular complexity index is 419.